The molecule has 4 rings (SSSR count). The van der Waals surface area contributed by atoms with Crippen molar-refractivity contribution in [2.24, 2.45) is 5.14 Å². The Morgan fingerprint density at radius 2 is 1.69 bits per heavy atom. The molecule has 3 aromatic carbocycles. The second kappa shape index (κ2) is 8.50. The van der Waals surface area contributed by atoms with Gasteiger partial charge in [0.15, 0.2) is 11.4 Å². The summed E-state index contributed by atoms with van der Waals surface area (Å²) in [7, 11) is -3.97. The largest absolute Gasteiger partial charge is 0.435 e. The highest BCUT2D eigenvalue weighted by Gasteiger charge is 2.21. The number of carbonyl (C=O) groups is 1. The minimum atomic E-state index is -3.97. The van der Waals surface area contributed by atoms with Crippen LogP contribution in [0.1, 0.15) is 10.5 Å². The fraction of sp³-hybridized carbons (Fsp3) is 0. The minimum absolute atomic E-state index is 0.0541. The molecule has 0 aliphatic carbocycles. The quantitative estimate of drug-likeness (QED) is 0.450. The first kappa shape index (κ1) is 21.6. The molecule has 0 aliphatic rings. The molecule has 0 bridgehead atoms. The number of halogens is 2. The first-order valence-corrected chi connectivity index (χ1v) is 11.0. The van der Waals surface area contributed by atoms with Crippen LogP contribution in [0, 0.1) is 5.82 Å². The van der Waals surface area contributed by atoms with Gasteiger partial charge in [-0.1, -0.05) is 35.9 Å². The van der Waals surface area contributed by atoms with E-state index in [0.717, 1.165) is 6.07 Å². The van der Waals surface area contributed by atoms with Gasteiger partial charge in [-0.25, -0.2) is 27.9 Å². The summed E-state index contributed by atoms with van der Waals surface area (Å²) in [5, 5.41) is 7.40. The van der Waals surface area contributed by atoms with Gasteiger partial charge < -0.3 is 10.1 Å². The normalized spacial score (nSPS) is 11.3. The van der Waals surface area contributed by atoms with Gasteiger partial charge in [0, 0.05) is 5.69 Å². The van der Waals surface area contributed by atoms with Crippen LogP contribution in [0.3, 0.4) is 0 Å². The molecule has 0 unspecified atom stereocenters. The molecule has 0 aliphatic heterocycles. The second-order valence-electron chi connectivity index (χ2n) is 6.55. The van der Waals surface area contributed by atoms with Crippen molar-refractivity contribution in [1.29, 1.82) is 0 Å². The van der Waals surface area contributed by atoms with E-state index in [-0.39, 0.29) is 32.9 Å². The molecular weight excluding hydrogens is 459 g/mol. The van der Waals surface area contributed by atoms with Crippen LogP contribution < -0.4 is 15.2 Å². The van der Waals surface area contributed by atoms with Crippen molar-refractivity contribution < 1.29 is 22.3 Å². The zero-order valence-electron chi connectivity index (χ0n) is 16.1. The van der Waals surface area contributed by atoms with Crippen molar-refractivity contribution in [1.82, 2.24) is 9.97 Å². The Bertz CT molecular complexity index is 1460. The molecule has 0 spiro atoms. The summed E-state index contributed by atoms with van der Waals surface area (Å²) in [4.78, 5) is 21.5. The average molecular weight is 473 g/mol. The number of benzene rings is 3. The highest BCUT2D eigenvalue weighted by atomic mass is 35.5. The van der Waals surface area contributed by atoms with Gasteiger partial charge >= 0.3 is 0 Å². The molecule has 4 aromatic rings. The third-order valence-electron chi connectivity index (χ3n) is 4.30. The van der Waals surface area contributed by atoms with E-state index in [1.54, 1.807) is 24.3 Å². The zero-order valence-corrected chi connectivity index (χ0v) is 17.7. The minimum Gasteiger partial charge on any atom is -0.435 e. The predicted molar refractivity (Wildman–Crippen MR) is 117 cm³/mol. The van der Waals surface area contributed by atoms with E-state index in [2.05, 4.69) is 15.3 Å². The van der Waals surface area contributed by atoms with Crippen LogP contribution in [0.25, 0.3) is 11.0 Å². The first-order chi connectivity index (χ1) is 15.2. The fourth-order valence-electron chi connectivity index (χ4n) is 2.81. The van der Waals surface area contributed by atoms with E-state index in [1.165, 1.54) is 36.4 Å². The molecule has 0 radical (unpaired) electrons. The SMILES string of the molecule is NS(=O)(=O)c1cccc(NC(=O)c2nc3ccccc3nc2Oc2cccc(F)c2Cl)c1. The molecule has 1 heterocycles. The molecule has 0 fully saturated rings. The van der Waals surface area contributed by atoms with Gasteiger partial charge in [0.05, 0.1) is 15.9 Å². The Morgan fingerprint density at radius 1 is 1.00 bits per heavy atom. The summed E-state index contributed by atoms with van der Waals surface area (Å²) in [5.74, 6) is -1.71. The number of nitrogens with zero attached hydrogens (tertiary/aromatic N) is 2. The van der Waals surface area contributed by atoms with Crippen molar-refractivity contribution >= 4 is 44.3 Å². The molecule has 3 N–H and O–H groups in total. The van der Waals surface area contributed by atoms with Crippen molar-refractivity contribution in [3.05, 3.63) is 83.3 Å². The number of sulfonamides is 1. The number of fused-ring (bicyclic) bond motifs is 1. The van der Waals surface area contributed by atoms with E-state index in [0.29, 0.717) is 11.0 Å². The number of ether oxygens (including phenoxy) is 1. The average Bonchev–Trinajstić information content (AvgIpc) is 2.76. The van der Waals surface area contributed by atoms with Crippen molar-refractivity contribution in [2.45, 2.75) is 4.90 Å². The number of nitrogens with two attached hydrogens (primary N) is 1. The Morgan fingerprint density at radius 3 is 2.41 bits per heavy atom. The number of para-hydroxylation sites is 2. The summed E-state index contributed by atoms with van der Waals surface area (Å²) in [6, 6.07) is 16.1. The van der Waals surface area contributed by atoms with Crippen molar-refractivity contribution in [3.8, 4) is 11.6 Å². The molecule has 1 amide bonds. The van der Waals surface area contributed by atoms with Gasteiger partial charge in [0.1, 0.15) is 10.8 Å². The lowest BCUT2D eigenvalue weighted by molar-refractivity contribution is 0.101. The smallest absolute Gasteiger partial charge is 0.279 e. The van der Waals surface area contributed by atoms with Crippen molar-refractivity contribution in [3.63, 3.8) is 0 Å². The Balaban J connectivity index is 1.76. The molecule has 0 saturated heterocycles. The van der Waals surface area contributed by atoms with Crippen LogP contribution in [0.4, 0.5) is 10.1 Å². The molecule has 0 atom stereocenters. The lowest BCUT2D eigenvalue weighted by Gasteiger charge is -2.12. The van der Waals surface area contributed by atoms with E-state index < -0.39 is 21.7 Å². The predicted octanol–water partition coefficient (Wildman–Crippen LogP) is 4.11. The van der Waals surface area contributed by atoms with E-state index in [4.69, 9.17) is 21.5 Å². The molecule has 11 heteroatoms. The number of aromatic nitrogens is 2. The number of rotatable bonds is 5. The lowest BCUT2D eigenvalue weighted by Crippen LogP contribution is -2.17. The molecular formula is C21H14ClFN4O4S. The third kappa shape index (κ3) is 4.52. The van der Waals surface area contributed by atoms with Gasteiger partial charge in [-0.2, -0.15) is 0 Å². The Kier molecular flexibility index (Phi) is 5.74. The maximum Gasteiger partial charge on any atom is 0.279 e. The fourth-order valence-corrected chi connectivity index (χ4v) is 3.54. The van der Waals surface area contributed by atoms with Gasteiger partial charge in [-0.3, -0.25) is 4.79 Å². The standard InChI is InChI=1S/C21H14ClFN4O4S/c22-18-14(23)7-4-10-17(18)31-21-19(26-15-8-1-2-9-16(15)27-21)20(28)25-12-5-3-6-13(11-12)32(24,29)30/h1-11H,(H,25,28)(H2,24,29,30). The van der Waals surface area contributed by atoms with Crippen LogP contribution in [0.15, 0.2) is 71.6 Å². The van der Waals surface area contributed by atoms with Crippen LogP contribution in [0.2, 0.25) is 5.02 Å². The summed E-state index contributed by atoms with van der Waals surface area (Å²) >= 11 is 5.97. The third-order valence-corrected chi connectivity index (χ3v) is 5.57. The molecule has 1 aromatic heterocycles. The highest BCUT2D eigenvalue weighted by molar-refractivity contribution is 7.89. The molecule has 32 heavy (non-hydrogen) atoms. The maximum absolute atomic E-state index is 13.8. The lowest BCUT2D eigenvalue weighted by atomic mass is 10.2. The van der Waals surface area contributed by atoms with Gasteiger partial charge in [0.2, 0.25) is 10.0 Å². The molecule has 0 saturated carbocycles. The zero-order chi connectivity index (χ0) is 22.9. The first-order valence-electron chi connectivity index (χ1n) is 9.05. The molecule has 8 nitrogen and oxygen atoms in total. The van der Waals surface area contributed by atoms with Crippen LogP contribution in [0.5, 0.6) is 11.6 Å². The van der Waals surface area contributed by atoms with Gasteiger partial charge in [-0.15, -0.1) is 0 Å². The molecule has 162 valence electrons. The topological polar surface area (TPSA) is 124 Å². The number of amides is 1. The number of anilines is 1. The van der Waals surface area contributed by atoms with Gasteiger partial charge in [0.25, 0.3) is 11.8 Å². The number of hydrogen-bond donors (Lipinski definition) is 2. The summed E-state index contributed by atoms with van der Waals surface area (Å²) in [5.41, 5.74) is 0.785. The maximum atomic E-state index is 13.8. The second-order valence-corrected chi connectivity index (χ2v) is 8.49. The number of primary sulfonamides is 1. The summed E-state index contributed by atoms with van der Waals surface area (Å²) in [6.07, 6.45) is 0. The van der Waals surface area contributed by atoms with Gasteiger partial charge in [-0.05, 0) is 42.5 Å². The summed E-state index contributed by atoms with van der Waals surface area (Å²) < 4.78 is 42.6. The summed E-state index contributed by atoms with van der Waals surface area (Å²) in [6.45, 7) is 0. The monoisotopic (exact) mass is 472 g/mol. The number of hydrogen-bond acceptors (Lipinski definition) is 6. The van der Waals surface area contributed by atoms with Crippen LogP contribution in [-0.2, 0) is 10.0 Å². The van der Waals surface area contributed by atoms with E-state index in [9.17, 15) is 17.6 Å². The van der Waals surface area contributed by atoms with Crippen LogP contribution in [-0.4, -0.2) is 24.3 Å². The Hall–Kier alpha value is -3.60. The van der Waals surface area contributed by atoms with E-state index in [1.807, 2.05) is 0 Å². The van der Waals surface area contributed by atoms with Crippen molar-refractivity contribution in [2.75, 3.05) is 5.32 Å². The highest BCUT2D eigenvalue weighted by Crippen LogP contribution is 2.32. The number of carbonyl (C=O) groups excluding carboxylic acids is 1. The van der Waals surface area contributed by atoms with E-state index >= 15 is 0 Å². The Labute approximate surface area is 186 Å². The van der Waals surface area contributed by atoms with Crippen LogP contribution >= 0.6 is 11.6 Å². The number of nitrogens with one attached hydrogen (secondary N) is 1.